The van der Waals surface area contributed by atoms with Gasteiger partial charge in [0.05, 0.1) is 7.11 Å². The lowest BCUT2D eigenvalue weighted by Crippen LogP contribution is -2.41. The zero-order chi connectivity index (χ0) is 16.8. The van der Waals surface area contributed by atoms with Gasteiger partial charge >= 0.3 is 0 Å². The molecule has 0 saturated carbocycles. The third-order valence-corrected chi connectivity index (χ3v) is 4.80. The fourth-order valence-electron chi connectivity index (χ4n) is 2.78. The van der Waals surface area contributed by atoms with Crippen molar-refractivity contribution in [3.05, 3.63) is 35.8 Å². The second-order valence-electron chi connectivity index (χ2n) is 5.58. The SMILES string of the molecule is COc1cccc(OCC(=O)NCC2CCCN2c2nccs2)c1. The van der Waals surface area contributed by atoms with Gasteiger partial charge in [0, 0.05) is 36.8 Å². The zero-order valence-corrected chi connectivity index (χ0v) is 14.4. The van der Waals surface area contributed by atoms with E-state index in [2.05, 4.69) is 15.2 Å². The molecule has 2 heterocycles. The number of hydrogen-bond acceptors (Lipinski definition) is 6. The van der Waals surface area contributed by atoms with Gasteiger partial charge in [-0.1, -0.05) is 6.07 Å². The predicted octanol–water partition coefficient (Wildman–Crippen LogP) is 2.32. The molecule has 6 nitrogen and oxygen atoms in total. The molecule has 1 aromatic heterocycles. The number of benzene rings is 1. The zero-order valence-electron chi connectivity index (χ0n) is 13.6. The molecule has 1 aliphatic heterocycles. The largest absolute Gasteiger partial charge is 0.497 e. The second kappa shape index (κ2) is 8.01. The second-order valence-corrected chi connectivity index (χ2v) is 6.45. The van der Waals surface area contributed by atoms with Crippen LogP contribution in [0, 0.1) is 0 Å². The molecule has 1 aromatic carbocycles. The minimum atomic E-state index is -0.121. The van der Waals surface area contributed by atoms with Crippen LogP contribution in [0.4, 0.5) is 5.13 Å². The highest BCUT2D eigenvalue weighted by Crippen LogP contribution is 2.26. The molecule has 128 valence electrons. The maximum absolute atomic E-state index is 12.0. The highest BCUT2D eigenvalue weighted by molar-refractivity contribution is 7.13. The van der Waals surface area contributed by atoms with Crippen molar-refractivity contribution in [2.45, 2.75) is 18.9 Å². The number of thiazole rings is 1. The fraction of sp³-hybridized carbons (Fsp3) is 0.412. The van der Waals surface area contributed by atoms with Crippen LogP contribution in [0.1, 0.15) is 12.8 Å². The van der Waals surface area contributed by atoms with Crippen LogP contribution in [0.2, 0.25) is 0 Å². The minimum Gasteiger partial charge on any atom is -0.497 e. The summed E-state index contributed by atoms with van der Waals surface area (Å²) in [5, 5.41) is 5.96. The Kier molecular flexibility index (Phi) is 5.53. The highest BCUT2D eigenvalue weighted by Gasteiger charge is 2.26. The van der Waals surface area contributed by atoms with Crippen LogP contribution in [0.5, 0.6) is 11.5 Å². The lowest BCUT2D eigenvalue weighted by Gasteiger charge is -2.24. The summed E-state index contributed by atoms with van der Waals surface area (Å²) in [5.74, 6) is 1.21. The van der Waals surface area contributed by atoms with Gasteiger partial charge < -0.3 is 19.7 Å². The van der Waals surface area contributed by atoms with Crippen LogP contribution >= 0.6 is 11.3 Å². The Bertz CT molecular complexity index is 663. The van der Waals surface area contributed by atoms with E-state index in [1.807, 2.05) is 23.7 Å². The third-order valence-electron chi connectivity index (χ3n) is 3.99. The maximum atomic E-state index is 12.0. The van der Waals surface area contributed by atoms with Crippen LogP contribution in [0.3, 0.4) is 0 Å². The number of methoxy groups -OCH3 is 1. The molecule has 2 aromatic rings. The van der Waals surface area contributed by atoms with Gasteiger partial charge in [-0.25, -0.2) is 4.98 Å². The fourth-order valence-corrected chi connectivity index (χ4v) is 3.52. The lowest BCUT2D eigenvalue weighted by molar-refractivity contribution is -0.123. The smallest absolute Gasteiger partial charge is 0.258 e. The number of rotatable bonds is 7. The Hall–Kier alpha value is -2.28. The van der Waals surface area contributed by atoms with Crippen molar-refractivity contribution in [1.29, 1.82) is 0 Å². The van der Waals surface area contributed by atoms with E-state index < -0.39 is 0 Å². The molecule has 1 amide bonds. The number of carbonyl (C=O) groups is 1. The highest BCUT2D eigenvalue weighted by atomic mass is 32.1. The van der Waals surface area contributed by atoms with Crippen molar-refractivity contribution in [2.75, 3.05) is 31.7 Å². The van der Waals surface area contributed by atoms with E-state index in [-0.39, 0.29) is 12.5 Å². The first-order valence-corrected chi connectivity index (χ1v) is 8.84. The Morgan fingerprint density at radius 3 is 3.12 bits per heavy atom. The Morgan fingerprint density at radius 1 is 1.46 bits per heavy atom. The first-order valence-electron chi connectivity index (χ1n) is 7.96. The van der Waals surface area contributed by atoms with E-state index in [9.17, 15) is 4.79 Å². The quantitative estimate of drug-likeness (QED) is 0.833. The van der Waals surface area contributed by atoms with Gasteiger partial charge in [0.25, 0.3) is 5.91 Å². The Balaban J connectivity index is 1.45. The molecule has 7 heteroatoms. The van der Waals surface area contributed by atoms with Crippen molar-refractivity contribution < 1.29 is 14.3 Å². The van der Waals surface area contributed by atoms with Crippen LogP contribution < -0.4 is 19.7 Å². The summed E-state index contributed by atoms with van der Waals surface area (Å²) in [7, 11) is 1.60. The molecule has 1 unspecified atom stereocenters. The minimum absolute atomic E-state index is 0.00284. The maximum Gasteiger partial charge on any atom is 0.258 e. The van der Waals surface area contributed by atoms with Gasteiger partial charge in [0.15, 0.2) is 11.7 Å². The number of hydrogen-bond donors (Lipinski definition) is 1. The number of carbonyl (C=O) groups excluding carboxylic acids is 1. The first kappa shape index (κ1) is 16.6. The van der Waals surface area contributed by atoms with Crippen LogP contribution in [-0.4, -0.2) is 43.7 Å². The van der Waals surface area contributed by atoms with E-state index in [0.29, 0.717) is 24.1 Å². The lowest BCUT2D eigenvalue weighted by atomic mass is 10.2. The number of anilines is 1. The molecule has 0 radical (unpaired) electrons. The number of amides is 1. The molecule has 1 N–H and O–H groups in total. The van der Waals surface area contributed by atoms with E-state index >= 15 is 0 Å². The summed E-state index contributed by atoms with van der Waals surface area (Å²) in [6.45, 7) is 1.60. The van der Waals surface area contributed by atoms with Gasteiger partial charge in [-0.3, -0.25) is 4.79 Å². The van der Waals surface area contributed by atoms with E-state index in [1.165, 1.54) is 0 Å². The molecule has 1 aliphatic rings. The van der Waals surface area contributed by atoms with Crippen molar-refractivity contribution in [1.82, 2.24) is 10.3 Å². The summed E-state index contributed by atoms with van der Waals surface area (Å²) < 4.78 is 10.6. The van der Waals surface area contributed by atoms with Crippen molar-refractivity contribution in [2.24, 2.45) is 0 Å². The molecule has 0 spiro atoms. The molecule has 1 saturated heterocycles. The molecule has 0 bridgehead atoms. The average Bonchev–Trinajstić information content (AvgIpc) is 3.29. The monoisotopic (exact) mass is 347 g/mol. The van der Waals surface area contributed by atoms with Gasteiger partial charge in [-0.2, -0.15) is 0 Å². The molecular formula is C17H21N3O3S. The van der Waals surface area contributed by atoms with Gasteiger partial charge in [0.1, 0.15) is 11.5 Å². The van der Waals surface area contributed by atoms with Crippen molar-refractivity contribution in [3.8, 4) is 11.5 Å². The van der Waals surface area contributed by atoms with Crippen LogP contribution in [0.15, 0.2) is 35.8 Å². The summed E-state index contributed by atoms with van der Waals surface area (Å²) >= 11 is 1.63. The summed E-state index contributed by atoms with van der Waals surface area (Å²) in [5.41, 5.74) is 0. The predicted molar refractivity (Wildman–Crippen MR) is 94.0 cm³/mol. The Labute approximate surface area is 145 Å². The van der Waals surface area contributed by atoms with Crippen LogP contribution in [0.25, 0.3) is 0 Å². The molecule has 1 atom stereocenters. The standard InChI is InChI=1S/C17H21N3O3S/c1-22-14-5-2-6-15(10-14)23-12-16(21)19-11-13-4-3-8-20(13)17-18-7-9-24-17/h2,5-7,9-10,13H,3-4,8,11-12H2,1H3,(H,19,21). The molecule has 24 heavy (non-hydrogen) atoms. The van der Waals surface area contributed by atoms with Gasteiger partial charge in [-0.05, 0) is 25.0 Å². The molecule has 3 rings (SSSR count). The van der Waals surface area contributed by atoms with E-state index in [1.54, 1.807) is 30.6 Å². The van der Waals surface area contributed by atoms with Gasteiger partial charge in [-0.15, -0.1) is 11.3 Å². The number of aromatic nitrogens is 1. The van der Waals surface area contributed by atoms with Crippen molar-refractivity contribution >= 4 is 22.4 Å². The number of nitrogens with one attached hydrogen (secondary N) is 1. The third kappa shape index (κ3) is 4.17. The topological polar surface area (TPSA) is 63.7 Å². The summed E-state index contributed by atoms with van der Waals surface area (Å²) in [6.07, 6.45) is 4.01. The number of nitrogens with zero attached hydrogens (tertiary/aromatic N) is 2. The summed E-state index contributed by atoms with van der Waals surface area (Å²) in [6, 6.07) is 7.53. The van der Waals surface area contributed by atoms with E-state index in [4.69, 9.17) is 9.47 Å². The average molecular weight is 347 g/mol. The van der Waals surface area contributed by atoms with Crippen molar-refractivity contribution in [3.63, 3.8) is 0 Å². The molecular weight excluding hydrogens is 326 g/mol. The number of ether oxygens (including phenoxy) is 2. The van der Waals surface area contributed by atoms with Gasteiger partial charge in [0.2, 0.25) is 0 Å². The normalized spacial score (nSPS) is 16.9. The first-order chi connectivity index (χ1) is 11.8. The van der Waals surface area contributed by atoms with Crippen LogP contribution in [-0.2, 0) is 4.79 Å². The Morgan fingerprint density at radius 2 is 2.33 bits per heavy atom. The van der Waals surface area contributed by atoms with E-state index in [0.717, 1.165) is 24.5 Å². The molecule has 0 aliphatic carbocycles. The molecule has 1 fully saturated rings. The summed E-state index contributed by atoms with van der Waals surface area (Å²) in [4.78, 5) is 18.7.